The van der Waals surface area contributed by atoms with Crippen LogP contribution in [-0.4, -0.2) is 16.2 Å². The highest BCUT2D eigenvalue weighted by atomic mass is 32.2. The van der Waals surface area contributed by atoms with E-state index in [0.717, 1.165) is 27.9 Å². The van der Waals surface area contributed by atoms with E-state index in [2.05, 4.69) is 9.97 Å². The molecule has 0 atom stereocenters. The van der Waals surface area contributed by atoms with E-state index in [4.69, 9.17) is 4.42 Å². The van der Waals surface area contributed by atoms with Crippen LogP contribution < -0.4 is 0 Å². The standard InChI is InChI=1S/C13H10N2OS/c1-17-13-14-8-7-10(15-13)12-6-5-9-3-2-4-11(9)16-12/h2-8H,1H3. The average Bonchev–Trinajstić information content (AvgIpc) is 2.86. The van der Waals surface area contributed by atoms with Crippen LogP contribution in [0.15, 0.2) is 52.2 Å². The maximum atomic E-state index is 5.79. The summed E-state index contributed by atoms with van der Waals surface area (Å²) >= 11 is 1.52. The van der Waals surface area contributed by atoms with Crippen LogP contribution in [0.1, 0.15) is 0 Å². The lowest BCUT2D eigenvalue weighted by Crippen LogP contribution is -1.89. The van der Waals surface area contributed by atoms with Crippen LogP contribution in [0.2, 0.25) is 0 Å². The lowest BCUT2D eigenvalue weighted by molar-refractivity contribution is 0.579. The van der Waals surface area contributed by atoms with Crippen LogP contribution in [0.3, 0.4) is 0 Å². The molecule has 1 aromatic heterocycles. The van der Waals surface area contributed by atoms with Crippen LogP contribution >= 0.6 is 11.8 Å². The summed E-state index contributed by atoms with van der Waals surface area (Å²) in [6.45, 7) is 0. The number of fused-ring (bicyclic) bond motifs is 1. The first-order valence-corrected chi connectivity index (χ1v) is 6.45. The van der Waals surface area contributed by atoms with Gasteiger partial charge < -0.3 is 4.42 Å². The molecule has 4 heteroatoms. The van der Waals surface area contributed by atoms with Crippen molar-refractivity contribution in [2.75, 3.05) is 6.26 Å². The maximum absolute atomic E-state index is 5.79. The van der Waals surface area contributed by atoms with Gasteiger partial charge in [0.05, 0.1) is 0 Å². The normalized spacial score (nSPS) is 10.9. The van der Waals surface area contributed by atoms with E-state index in [-0.39, 0.29) is 0 Å². The van der Waals surface area contributed by atoms with Gasteiger partial charge in [-0.2, -0.15) is 0 Å². The molecule has 0 aromatic carbocycles. The molecule has 0 radical (unpaired) electrons. The Kier molecular flexibility index (Phi) is 2.57. The molecule has 1 aliphatic heterocycles. The minimum Gasteiger partial charge on any atom is -0.454 e. The molecule has 3 nitrogen and oxygen atoms in total. The summed E-state index contributed by atoms with van der Waals surface area (Å²) in [6, 6.07) is 11.8. The van der Waals surface area contributed by atoms with E-state index in [1.807, 2.05) is 42.7 Å². The molecule has 0 bridgehead atoms. The van der Waals surface area contributed by atoms with E-state index in [0.29, 0.717) is 0 Å². The van der Waals surface area contributed by atoms with Crippen molar-refractivity contribution in [2.45, 2.75) is 5.16 Å². The summed E-state index contributed by atoms with van der Waals surface area (Å²) < 4.78 is 5.79. The summed E-state index contributed by atoms with van der Waals surface area (Å²) in [6.07, 6.45) is 3.70. The van der Waals surface area contributed by atoms with Gasteiger partial charge in [-0.1, -0.05) is 23.9 Å². The Morgan fingerprint density at radius 1 is 1.06 bits per heavy atom. The summed E-state index contributed by atoms with van der Waals surface area (Å²) in [5.74, 6) is 1.65. The fourth-order valence-electron chi connectivity index (χ4n) is 1.68. The number of thioether (sulfide) groups is 1. The van der Waals surface area contributed by atoms with Gasteiger partial charge in [-0.05, 0) is 30.5 Å². The van der Waals surface area contributed by atoms with Crippen LogP contribution in [-0.2, 0) is 0 Å². The molecule has 0 fully saturated rings. The monoisotopic (exact) mass is 242 g/mol. The van der Waals surface area contributed by atoms with Crippen molar-refractivity contribution < 1.29 is 4.42 Å². The van der Waals surface area contributed by atoms with Crippen molar-refractivity contribution in [2.24, 2.45) is 0 Å². The van der Waals surface area contributed by atoms with Gasteiger partial charge in [-0.3, -0.25) is 0 Å². The molecular formula is C13H10N2OS. The Hall–Kier alpha value is -1.81. The van der Waals surface area contributed by atoms with Crippen LogP contribution in [0.4, 0.5) is 0 Å². The zero-order chi connectivity index (χ0) is 11.7. The number of nitrogens with zero attached hydrogens (tertiary/aromatic N) is 2. The van der Waals surface area contributed by atoms with Crippen molar-refractivity contribution >= 4 is 11.8 Å². The van der Waals surface area contributed by atoms with Gasteiger partial charge in [0, 0.05) is 11.8 Å². The minimum absolute atomic E-state index is 0.750. The lowest BCUT2D eigenvalue weighted by atomic mass is 10.2. The zero-order valence-corrected chi connectivity index (χ0v) is 10.1. The molecular weight excluding hydrogens is 232 g/mol. The summed E-state index contributed by atoms with van der Waals surface area (Å²) in [5, 5.41) is 0.750. The molecule has 0 unspecified atom stereocenters. The quantitative estimate of drug-likeness (QED) is 0.508. The molecule has 0 spiro atoms. The number of hydrogen-bond acceptors (Lipinski definition) is 4. The molecule has 1 aromatic rings. The van der Waals surface area contributed by atoms with E-state index >= 15 is 0 Å². The third-order valence-corrected chi connectivity index (χ3v) is 3.07. The summed E-state index contributed by atoms with van der Waals surface area (Å²) in [5.41, 5.74) is 1.92. The Morgan fingerprint density at radius 2 is 2.00 bits per heavy atom. The fourth-order valence-corrected chi connectivity index (χ4v) is 2.04. The molecule has 2 aliphatic rings. The molecule has 0 amide bonds. The third-order valence-electron chi connectivity index (χ3n) is 2.51. The van der Waals surface area contributed by atoms with Crippen LogP contribution in [0.25, 0.3) is 22.8 Å². The second-order valence-corrected chi connectivity index (χ2v) is 4.35. The topological polar surface area (TPSA) is 38.9 Å². The van der Waals surface area contributed by atoms with E-state index < -0.39 is 0 Å². The number of hydrogen-bond donors (Lipinski definition) is 0. The average molecular weight is 242 g/mol. The third kappa shape index (κ3) is 1.91. The molecule has 2 heterocycles. The smallest absolute Gasteiger partial charge is 0.187 e. The molecule has 0 saturated heterocycles. The van der Waals surface area contributed by atoms with Gasteiger partial charge in [0.1, 0.15) is 11.5 Å². The molecule has 84 valence electrons. The molecule has 0 saturated carbocycles. The predicted molar refractivity (Wildman–Crippen MR) is 68.1 cm³/mol. The lowest BCUT2D eigenvalue weighted by Gasteiger charge is -2.04. The highest BCUT2D eigenvalue weighted by Gasteiger charge is 2.08. The second kappa shape index (κ2) is 4.22. The minimum atomic E-state index is 0.750. The number of rotatable bonds is 2. The largest absolute Gasteiger partial charge is 0.454 e. The van der Waals surface area contributed by atoms with Gasteiger partial charge in [0.25, 0.3) is 0 Å². The van der Waals surface area contributed by atoms with E-state index in [1.54, 1.807) is 6.20 Å². The summed E-state index contributed by atoms with van der Waals surface area (Å²) in [7, 11) is 0. The zero-order valence-electron chi connectivity index (χ0n) is 9.25. The van der Waals surface area contributed by atoms with Crippen LogP contribution in [0, 0.1) is 0 Å². The Labute approximate surface area is 103 Å². The molecule has 3 rings (SSSR count). The SMILES string of the molecule is CSc1nccc(-c2ccc3cccc-3o2)n1. The van der Waals surface area contributed by atoms with Crippen molar-refractivity contribution in [1.29, 1.82) is 0 Å². The number of aromatic nitrogens is 2. The van der Waals surface area contributed by atoms with Gasteiger partial charge >= 0.3 is 0 Å². The van der Waals surface area contributed by atoms with E-state index in [1.165, 1.54) is 11.8 Å². The van der Waals surface area contributed by atoms with Gasteiger partial charge in [0.2, 0.25) is 0 Å². The highest BCUT2D eigenvalue weighted by molar-refractivity contribution is 7.98. The predicted octanol–water partition coefficient (Wildman–Crippen LogP) is 3.56. The van der Waals surface area contributed by atoms with Crippen LogP contribution in [0.5, 0.6) is 0 Å². The first kappa shape index (κ1) is 10.4. The maximum Gasteiger partial charge on any atom is 0.187 e. The molecule has 17 heavy (non-hydrogen) atoms. The second-order valence-electron chi connectivity index (χ2n) is 3.57. The summed E-state index contributed by atoms with van der Waals surface area (Å²) in [4.78, 5) is 8.56. The first-order chi connectivity index (χ1) is 8.36. The first-order valence-electron chi connectivity index (χ1n) is 5.23. The van der Waals surface area contributed by atoms with Gasteiger partial charge in [-0.15, -0.1) is 0 Å². The Balaban J connectivity index is 2.11. The highest BCUT2D eigenvalue weighted by Crippen LogP contribution is 2.28. The van der Waals surface area contributed by atoms with Gasteiger partial charge in [0.15, 0.2) is 10.9 Å². The Morgan fingerprint density at radius 3 is 2.88 bits per heavy atom. The molecule has 1 aliphatic carbocycles. The van der Waals surface area contributed by atoms with Crippen molar-refractivity contribution in [3.8, 4) is 22.8 Å². The fraction of sp³-hybridized carbons (Fsp3) is 0.0769. The molecule has 0 N–H and O–H groups in total. The van der Waals surface area contributed by atoms with Crippen molar-refractivity contribution in [1.82, 2.24) is 9.97 Å². The van der Waals surface area contributed by atoms with Crippen molar-refractivity contribution in [3.05, 3.63) is 42.6 Å². The van der Waals surface area contributed by atoms with E-state index in [9.17, 15) is 0 Å². The van der Waals surface area contributed by atoms with Crippen molar-refractivity contribution in [3.63, 3.8) is 0 Å². The Bertz CT molecular complexity index is 620. The van der Waals surface area contributed by atoms with Gasteiger partial charge in [-0.25, -0.2) is 9.97 Å².